The van der Waals surface area contributed by atoms with E-state index in [4.69, 9.17) is 0 Å². The molecule has 24 heavy (non-hydrogen) atoms. The summed E-state index contributed by atoms with van der Waals surface area (Å²) in [6.45, 7) is 3.30. The van der Waals surface area contributed by atoms with Crippen molar-refractivity contribution in [2.75, 3.05) is 10.6 Å². The first-order valence-electron chi connectivity index (χ1n) is 6.70. The summed E-state index contributed by atoms with van der Waals surface area (Å²) >= 11 is 0. The summed E-state index contributed by atoms with van der Waals surface area (Å²) in [5.74, 6) is -4.64. The monoisotopic (exact) mass is 350 g/mol. The molecule has 4 nitrogen and oxygen atoms in total. The molecular formula is C14H12F6N4. The van der Waals surface area contributed by atoms with Crippen molar-refractivity contribution in [1.82, 2.24) is 9.97 Å². The molecule has 2 rings (SSSR count). The smallest absolute Gasteiger partial charge is 0.352 e. The highest BCUT2D eigenvalue weighted by atomic mass is 19.4. The summed E-state index contributed by atoms with van der Waals surface area (Å²) < 4.78 is 78.8. The first-order valence-corrected chi connectivity index (χ1v) is 6.70. The second kappa shape index (κ2) is 6.54. The van der Waals surface area contributed by atoms with E-state index in [1.807, 2.05) is 0 Å². The molecule has 0 amide bonds. The van der Waals surface area contributed by atoms with Gasteiger partial charge in [-0.15, -0.1) is 0 Å². The Kier molecular flexibility index (Phi) is 4.86. The number of nitrogens with one attached hydrogen (secondary N) is 2. The highest BCUT2D eigenvalue weighted by Gasteiger charge is 2.34. The Labute approximate surface area is 132 Å². The van der Waals surface area contributed by atoms with Crippen LogP contribution in [0.1, 0.15) is 19.5 Å². The van der Waals surface area contributed by atoms with Crippen molar-refractivity contribution >= 4 is 17.5 Å². The number of anilines is 3. The van der Waals surface area contributed by atoms with Gasteiger partial charge in [-0.1, -0.05) is 0 Å². The van der Waals surface area contributed by atoms with Crippen LogP contribution in [0.15, 0.2) is 18.2 Å². The molecule has 1 aromatic carbocycles. The Morgan fingerprint density at radius 3 is 2.04 bits per heavy atom. The molecule has 0 unspecified atom stereocenters. The minimum Gasteiger partial charge on any atom is -0.352 e. The summed E-state index contributed by atoms with van der Waals surface area (Å²) in [4.78, 5) is 7.04. The van der Waals surface area contributed by atoms with E-state index in [1.54, 1.807) is 13.8 Å². The third-order valence-electron chi connectivity index (χ3n) is 2.69. The van der Waals surface area contributed by atoms with Crippen LogP contribution in [0, 0.1) is 17.5 Å². The van der Waals surface area contributed by atoms with Crippen molar-refractivity contribution < 1.29 is 26.3 Å². The topological polar surface area (TPSA) is 49.8 Å². The molecule has 10 heteroatoms. The molecule has 1 aromatic heterocycles. The lowest BCUT2D eigenvalue weighted by Gasteiger charge is -2.14. The molecule has 0 saturated carbocycles. The lowest BCUT2D eigenvalue weighted by atomic mass is 10.2. The molecule has 0 radical (unpaired) electrons. The Morgan fingerprint density at radius 1 is 0.958 bits per heavy atom. The number of halogens is 6. The zero-order valence-electron chi connectivity index (χ0n) is 12.5. The Balaban J connectivity index is 2.46. The molecule has 0 aliphatic heterocycles. The van der Waals surface area contributed by atoms with E-state index in [9.17, 15) is 26.3 Å². The van der Waals surface area contributed by atoms with E-state index in [0.29, 0.717) is 18.2 Å². The summed E-state index contributed by atoms with van der Waals surface area (Å²) in [7, 11) is 0. The van der Waals surface area contributed by atoms with Gasteiger partial charge in [0.2, 0.25) is 5.95 Å². The van der Waals surface area contributed by atoms with Gasteiger partial charge in [-0.25, -0.2) is 18.2 Å². The maximum atomic E-state index is 13.6. The molecule has 0 bridgehead atoms. The first kappa shape index (κ1) is 17.8. The normalized spacial score (nSPS) is 11.7. The maximum absolute atomic E-state index is 13.6. The van der Waals surface area contributed by atoms with Gasteiger partial charge in [-0.3, -0.25) is 0 Å². The molecule has 0 atom stereocenters. The van der Waals surface area contributed by atoms with E-state index < -0.39 is 40.8 Å². The zero-order valence-corrected chi connectivity index (χ0v) is 12.5. The van der Waals surface area contributed by atoms with Crippen LogP contribution in [0.25, 0.3) is 0 Å². The van der Waals surface area contributed by atoms with Crippen molar-refractivity contribution in [2.24, 2.45) is 0 Å². The van der Waals surface area contributed by atoms with E-state index in [2.05, 4.69) is 20.6 Å². The van der Waals surface area contributed by atoms with Crippen molar-refractivity contribution in [3.05, 3.63) is 41.3 Å². The standard InChI is InChI=1S/C14H12F6N4/c1-6(2)21-13-22-10(14(18,19)20)5-11(24-13)23-12-8(16)3-7(15)4-9(12)17/h3-6H,1-2H3,(H2,21,22,23,24). The highest BCUT2D eigenvalue weighted by molar-refractivity contribution is 5.59. The van der Waals surface area contributed by atoms with Crippen molar-refractivity contribution in [2.45, 2.75) is 26.1 Å². The Bertz CT molecular complexity index is 722. The lowest BCUT2D eigenvalue weighted by Crippen LogP contribution is -2.17. The third kappa shape index (κ3) is 4.27. The van der Waals surface area contributed by atoms with Crippen LogP contribution in [-0.2, 0) is 6.18 Å². The van der Waals surface area contributed by atoms with Crippen LogP contribution in [0.3, 0.4) is 0 Å². The largest absolute Gasteiger partial charge is 0.433 e. The van der Waals surface area contributed by atoms with Gasteiger partial charge in [-0.2, -0.15) is 18.2 Å². The van der Waals surface area contributed by atoms with Crippen LogP contribution < -0.4 is 10.6 Å². The molecule has 2 N–H and O–H groups in total. The minimum absolute atomic E-state index is 0.277. The van der Waals surface area contributed by atoms with Gasteiger partial charge in [0.05, 0.1) is 0 Å². The molecule has 0 spiro atoms. The van der Waals surface area contributed by atoms with Crippen LogP contribution in [-0.4, -0.2) is 16.0 Å². The van der Waals surface area contributed by atoms with E-state index in [-0.39, 0.29) is 12.0 Å². The Hall–Kier alpha value is -2.52. The number of rotatable bonds is 4. The first-order chi connectivity index (χ1) is 11.1. The van der Waals surface area contributed by atoms with Gasteiger partial charge >= 0.3 is 6.18 Å². The van der Waals surface area contributed by atoms with Crippen molar-refractivity contribution in [3.63, 3.8) is 0 Å². The van der Waals surface area contributed by atoms with E-state index >= 15 is 0 Å². The number of alkyl halides is 3. The van der Waals surface area contributed by atoms with Gasteiger partial charge in [0.15, 0.2) is 17.3 Å². The molecule has 0 aliphatic carbocycles. The number of aromatic nitrogens is 2. The molecule has 2 aromatic rings. The number of benzene rings is 1. The van der Waals surface area contributed by atoms with Crippen LogP contribution in [0.2, 0.25) is 0 Å². The summed E-state index contributed by atoms with van der Waals surface area (Å²) in [5, 5.41) is 4.66. The lowest BCUT2D eigenvalue weighted by molar-refractivity contribution is -0.141. The molecular weight excluding hydrogens is 338 g/mol. The number of hydrogen-bond donors (Lipinski definition) is 2. The second-order valence-electron chi connectivity index (χ2n) is 5.13. The quantitative estimate of drug-likeness (QED) is 0.799. The molecule has 130 valence electrons. The number of hydrogen-bond acceptors (Lipinski definition) is 4. The van der Waals surface area contributed by atoms with Crippen molar-refractivity contribution in [3.8, 4) is 0 Å². The maximum Gasteiger partial charge on any atom is 0.433 e. The average Bonchev–Trinajstić information content (AvgIpc) is 2.40. The van der Waals surface area contributed by atoms with Crippen LogP contribution >= 0.6 is 0 Å². The molecule has 0 saturated heterocycles. The summed E-state index contributed by atoms with van der Waals surface area (Å²) in [5.41, 5.74) is -2.12. The third-order valence-corrected chi connectivity index (χ3v) is 2.69. The fourth-order valence-electron chi connectivity index (χ4n) is 1.77. The van der Waals surface area contributed by atoms with Crippen LogP contribution in [0.5, 0.6) is 0 Å². The summed E-state index contributed by atoms with van der Waals surface area (Å²) in [6, 6.07) is 1.00. The van der Waals surface area contributed by atoms with Crippen molar-refractivity contribution in [1.29, 1.82) is 0 Å². The van der Waals surface area contributed by atoms with Gasteiger partial charge in [0, 0.05) is 24.2 Å². The number of nitrogens with zero attached hydrogens (tertiary/aromatic N) is 2. The SMILES string of the molecule is CC(C)Nc1nc(Nc2c(F)cc(F)cc2F)cc(C(F)(F)F)n1. The van der Waals surface area contributed by atoms with Gasteiger partial charge in [0.1, 0.15) is 17.3 Å². The predicted molar refractivity (Wildman–Crippen MR) is 75.4 cm³/mol. The second-order valence-corrected chi connectivity index (χ2v) is 5.13. The predicted octanol–water partition coefficient (Wildman–Crippen LogP) is 4.48. The highest BCUT2D eigenvalue weighted by Crippen LogP contribution is 2.31. The molecule has 0 fully saturated rings. The molecule has 0 aliphatic rings. The van der Waals surface area contributed by atoms with Crippen LogP contribution in [0.4, 0.5) is 43.8 Å². The Morgan fingerprint density at radius 2 is 1.54 bits per heavy atom. The van der Waals surface area contributed by atoms with E-state index in [1.165, 1.54) is 0 Å². The zero-order chi connectivity index (χ0) is 18.1. The fraction of sp³-hybridized carbons (Fsp3) is 0.286. The van der Waals surface area contributed by atoms with Gasteiger partial charge in [0.25, 0.3) is 0 Å². The summed E-state index contributed by atoms with van der Waals surface area (Å²) in [6.07, 6.45) is -4.79. The minimum atomic E-state index is -4.79. The van der Waals surface area contributed by atoms with E-state index in [0.717, 1.165) is 0 Å². The fourth-order valence-corrected chi connectivity index (χ4v) is 1.77. The van der Waals surface area contributed by atoms with Gasteiger partial charge < -0.3 is 10.6 Å². The molecule has 1 heterocycles. The average molecular weight is 350 g/mol. The van der Waals surface area contributed by atoms with Gasteiger partial charge in [-0.05, 0) is 13.8 Å².